The Morgan fingerprint density at radius 1 is 1.09 bits per heavy atom. The van der Waals surface area contributed by atoms with Crippen LogP contribution in [0, 0.1) is 0 Å². The van der Waals surface area contributed by atoms with Gasteiger partial charge < -0.3 is 10.3 Å². The summed E-state index contributed by atoms with van der Waals surface area (Å²) >= 11 is 0. The summed E-state index contributed by atoms with van der Waals surface area (Å²) in [4.78, 5) is 31.2. The second-order valence-corrected chi connectivity index (χ2v) is 8.00. The number of hydrogen-bond acceptors (Lipinski definition) is 5. The number of fused-ring (bicyclic) bond motifs is 1. The predicted octanol–water partition coefficient (Wildman–Crippen LogP) is 3.65. The molecule has 4 aromatic rings. The lowest BCUT2D eigenvalue weighted by Crippen LogP contribution is -2.15. The van der Waals surface area contributed by atoms with E-state index in [1.165, 1.54) is 12.5 Å². The molecule has 0 saturated heterocycles. The maximum Gasteiger partial charge on any atom is 0.281 e. The Bertz CT molecular complexity index is 1260. The van der Waals surface area contributed by atoms with E-state index in [-0.39, 0.29) is 23.0 Å². The van der Waals surface area contributed by atoms with Gasteiger partial charge in [0.15, 0.2) is 11.2 Å². The Morgan fingerprint density at radius 2 is 1.84 bits per heavy atom. The van der Waals surface area contributed by atoms with Crippen molar-refractivity contribution in [2.75, 3.05) is 5.32 Å². The van der Waals surface area contributed by atoms with Crippen molar-refractivity contribution in [3.05, 3.63) is 81.9 Å². The molecule has 1 atom stereocenters. The molecule has 8 heteroatoms. The molecule has 0 saturated carbocycles. The number of anilines is 1. The van der Waals surface area contributed by atoms with Crippen LogP contribution in [0.5, 0.6) is 0 Å². The molecule has 32 heavy (non-hydrogen) atoms. The number of H-pyrrole nitrogens is 1. The van der Waals surface area contributed by atoms with E-state index in [4.69, 9.17) is 0 Å². The number of carbonyl (C=O) groups excluding carboxylic acids is 1. The molecule has 0 radical (unpaired) electrons. The maximum atomic E-state index is 12.5. The van der Waals surface area contributed by atoms with Crippen LogP contribution in [0.3, 0.4) is 0 Å². The Balaban J connectivity index is 1.49. The van der Waals surface area contributed by atoms with Gasteiger partial charge in [-0.1, -0.05) is 47.7 Å². The summed E-state index contributed by atoms with van der Waals surface area (Å²) in [5, 5.41) is 11.0. The molecule has 0 aliphatic rings. The molecule has 1 amide bonds. The summed E-state index contributed by atoms with van der Waals surface area (Å²) in [5.41, 5.74) is 3.48. The maximum absolute atomic E-state index is 12.5. The van der Waals surface area contributed by atoms with Crippen molar-refractivity contribution in [3.63, 3.8) is 0 Å². The summed E-state index contributed by atoms with van der Waals surface area (Å²) in [6.45, 7) is 3.54. The van der Waals surface area contributed by atoms with Gasteiger partial charge in [0.2, 0.25) is 5.91 Å². The number of carbonyl (C=O) groups is 1. The minimum absolute atomic E-state index is 0.0720. The Morgan fingerprint density at radius 3 is 2.56 bits per heavy atom. The third kappa shape index (κ3) is 5.08. The molecule has 2 heterocycles. The summed E-state index contributed by atoms with van der Waals surface area (Å²) in [5.74, 6) is 0.433. The number of aromatic nitrogens is 5. The van der Waals surface area contributed by atoms with E-state index in [9.17, 15) is 9.59 Å². The summed E-state index contributed by atoms with van der Waals surface area (Å²) < 4.78 is 1.75. The fourth-order valence-electron chi connectivity index (χ4n) is 3.74. The fraction of sp³-hybridized carbons (Fsp3) is 0.292. The molecule has 1 unspecified atom stereocenters. The van der Waals surface area contributed by atoms with Gasteiger partial charge in [0.05, 0.1) is 6.04 Å². The van der Waals surface area contributed by atoms with Gasteiger partial charge in [-0.15, -0.1) is 5.10 Å². The predicted molar refractivity (Wildman–Crippen MR) is 124 cm³/mol. The first-order valence-corrected chi connectivity index (χ1v) is 10.7. The molecule has 0 aliphatic heterocycles. The number of hydrogen-bond donors (Lipinski definition) is 2. The van der Waals surface area contributed by atoms with E-state index >= 15 is 0 Å². The monoisotopic (exact) mass is 430 g/mol. The first-order valence-electron chi connectivity index (χ1n) is 10.7. The van der Waals surface area contributed by atoms with E-state index < -0.39 is 0 Å². The van der Waals surface area contributed by atoms with Gasteiger partial charge in [-0.3, -0.25) is 9.59 Å². The van der Waals surface area contributed by atoms with Crippen LogP contribution in [-0.4, -0.2) is 30.9 Å². The molecular weight excluding hydrogens is 404 g/mol. The second kappa shape index (κ2) is 9.55. The van der Waals surface area contributed by atoms with Crippen LogP contribution in [0.2, 0.25) is 0 Å². The zero-order valence-corrected chi connectivity index (χ0v) is 18.2. The van der Waals surface area contributed by atoms with Crippen molar-refractivity contribution < 1.29 is 4.79 Å². The van der Waals surface area contributed by atoms with E-state index in [1.807, 2.05) is 30.3 Å². The minimum Gasteiger partial charge on any atom is -0.326 e. The lowest BCUT2D eigenvalue weighted by molar-refractivity contribution is -0.114. The molecule has 0 fully saturated rings. The van der Waals surface area contributed by atoms with Crippen LogP contribution < -0.4 is 10.9 Å². The molecule has 0 aliphatic carbocycles. The van der Waals surface area contributed by atoms with Gasteiger partial charge in [0.1, 0.15) is 5.82 Å². The highest BCUT2D eigenvalue weighted by Gasteiger charge is 2.16. The molecular formula is C24H26N6O2. The van der Waals surface area contributed by atoms with Crippen LogP contribution in [0.4, 0.5) is 5.69 Å². The van der Waals surface area contributed by atoms with Crippen molar-refractivity contribution >= 4 is 22.8 Å². The lowest BCUT2D eigenvalue weighted by atomic mass is 10.1. The van der Waals surface area contributed by atoms with Crippen LogP contribution in [0.25, 0.3) is 11.2 Å². The Kier molecular flexibility index (Phi) is 6.39. The quantitative estimate of drug-likeness (QED) is 0.444. The zero-order chi connectivity index (χ0) is 22.5. The average Bonchev–Trinajstić information content (AvgIpc) is 3.20. The molecule has 164 valence electrons. The van der Waals surface area contributed by atoms with Crippen LogP contribution in [0.15, 0.2) is 59.4 Å². The minimum atomic E-state index is -0.289. The molecule has 2 aromatic carbocycles. The van der Waals surface area contributed by atoms with Gasteiger partial charge in [-0.05, 0) is 49.4 Å². The highest BCUT2D eigenvalue weighted by atomic mass is 16.1. The van der Waals surface area contributed by atoms with Crippen LogP contribution in [0.1, 0.15) is 49.7 Å². The number of nitrogens with one attached hydrogen (secondary N) is 2. The number of nitrogens with zero attached hydrogens (tertiary/aromatic N) is 4. The smallest absolute Gasteiger partial charge is 0.281 e. The molecule has 4 rings (SSSR count). The number of amides is 1. The first-order chi connectivity index (χ1) is 15.5. The molecule has 0 spiro atoms. The normalized spacial score (nSPS) is 12.1. The first kappa shape index (κ1) is 21.4. The number of aromatic amines is 1. The van der Waals surface area contributed by atoms with Crippen molar-refractivity contribution in [2.45, 2.75) is 45.6 Å². The number of rotatable bonds is 8. The largest absolute Gasteiger partial charge is 0.326 e. The molecule has 2 aromatic heterocycles. The summed E-state index contributed by atoms with van der Waals surface area (Å²) in [6.07, 6.45) is 3.36. The van der Waals surface area contributed by atoms with Crippen molar-refractivity contribution in [2.24, 2.45) is 0 Å². The van der Waals surface area contributed by atoms with Gasteiger partial charge in [-0.2, -0.15) is 0 Å². The fourth-order valence-corrected chi connectivity index (χ4v) is 3.74. The van der Waals surface area contributed by atoms with Gasteiger partial charge in [-0.25, -0.2) is 9.67 Å². The van der Waals surface area contributed by atoms with E-state index in [0.717, 1.165) is 30.5 Å². The highest BCUT2D eigenvalue weighted by Crippen LogP contribution is 2.18. The Labute approximate surface area is 185 Å². The molecule has 2 N–H and O–H groups in total. The number of benzene rings is 2. The lowest BCUT2D eigenvalue weighted by Gasteiger charge is -2.12. The van der Waals surface area contributed by atoms with E-state index in [1.54, 1.807) is 4.68 Å². The van der Waals surface area contributed by atoms with E-state index in [0.29, 0.717) is 17.9 Å². The van der Waals surface area contributed by atoms with Gasteiger partial charge in [0, 0.05) is 19.0 Å². The van der Waals surface area contributed by atoms with Gasteiger partial charge in [0.25, 0.3) is 5.56 Å². The van der Waals surface area contributed by atoms with Crippen molar-refractivity contribution in [1.82, 2.24) is 25.0 Å². The molecule has 8 nitrogen and oxygen atoms in total. The Hall–Kier alpha value is -3.81. The molecule has 0 bridgehead atoms. The highest BCUT2D eigenvalue weighted by molar-refractivity contribution is 5.88. The third-order valence-electron chi connectivity index (χ3n) is 5.38. The third-order valence-corrected chi connectivity index (χ3v) is 5.38. The SMILES string of the molecule is CC(=O)Nc1ccc(Cc2nc3c(nnn3C(C)CCCc3ccccc3)c(=O)[nH]2)cc1. The average molecular weight is 431 g/mol. The standard InChI is InChI=1S/C24H26N6O2/c1-16(7-6-10-18-8-4-3-5-9-18)30-23-22(28-29-30)24(32)27-21(26-23)15-19-11-13-20(14-12-19)25-17(2)31/h3-5,8-9,11-14,16H,6-7,10,15H2,1-2H3,(H,25,31)(H,26,27,32). The summed E-state index contributed by atoms with van der Waals surface area (Å²) in [7, 11) is 0. The van der Waals surface area contributed by atoms with Crippen molar-refractivity contribution in [3.8, 4) is 0 Å². The summed E-state index contributed by atoms with van der Waals surface area (Å²) in [6, 6.07) is 17.9. The second-order valence-electron chi connectivity index (χ2n) is 8.00. The van der Waals surface area contributed by atoms with Crippen LogP contribution >= 0.6 is 0 Å². The topological polar surface area (TPSA) is 106 Å². The zero-order valence-electron chi connectivity index (χ0n) is 18.2. The van der Waals surface area contributed by atoms with E-state index in [2.05, 4.69) is 56.8 Å². The number of aryl methyl sites for hydroxylation is 1. The van der Waals surface area contributed by atoms with Crippen molar-refractivity contribution in [1.29, 1.82) is 0 Å². The van der Waals surface area contributed by atoms with Gasteiger partial charge >= 0.3 is 0 Å². The van der Waals surface area contributed by atoms with Crippen LogP contribution in [-0.2, 0) is 17.6 Å².